The van der Waals surface area contributed by atoms with Gasteiger partial charge in [-0.1, -0.05) is 298 Å². The highest BCUT2D eigenvalue weighted by atomic mass is 16.6. The van der Waals surface area contributed by atoms with Crippen molar-refractivity contribution in [2.75, 3.05) is 65.6 Å². The molecule has 0 aliphatic carbocycles. The molecule has 0 spiro atoms. The van der Waals surface area contributed by atoms with Gasteiger partial charge in [0.15, 0.2) is 0 Å². The smallest absolute Gasteiger partial charge is 0.306 e. The van der Waals surface area contributed by atoms with Crippen LogP contribution in [0.5, 0.6) is 0 Å². The van der Waals surface area contributed by atoms with Gasteiger partial charge < -0.3 is 39.4 Å². The van der Waals surface area contributed by atoms with E-state index in [0.717, 1.165) is 206 Å². The Bertz CT molecular complexity index is 1760. The van der Waals surface area contributed by atoms with Gasteiger partial charge in [0.25, 0.3) is 0 Å². The summed E-state index contributed by atoms with van der Waals surface area (Å²) in [5.41, 5.74) is 0. The summed E-state index contributed by atoms with van der Waals surface area (Å²) in [5.74, 6) is -0.868. The molecule has 600 valence electrons. The number of carbonyl (C=O) groups is 6. The van der Waals surface area contributed by atoms with Crippen molar-refractivity contribution in [2.45, 2.75) is 452 Å². The highest BCUT2D eigenvalue weighted by molar-refractivity contribution is 5.96. The van der Waals surface area contributed by atoms with E-state index in [1.165, 1.54) is 205 Å². The summed E-state index contributed by atoms with van der Waals surface area (Å²) < 4.78 is 23.3. The third-order valence-electron chi connectivity index (χ3n) is 20.4. The number of nitrogens with zero attached hydrogens (tertiary/aromatic N) is 2. The molecule has 0 rings (SSSR count). The van der Waals surface area contributed by atoms with Gasteiger partial charge in [0.05, 0.1) is 13.2 Å². The minimum Gasteiger partial charge on any atom is -0.466 e. The Balaban J connectivity index is 5.38. The Morgan fingerprint density at radius 1 is 0.255 bits per heavy atom. The molecule has 2 atom stereocenters. The van der Waals surface area contributed by atoms with Crippen molar-refractivity contribution in [2.24, 2.45) is 0 Å². The van der Waals surface area contributed by atoms with Crippen LogP contribution in [0.25, 0.3) is 0 Å². The van der Waals surface area contributed by atoms with Crippen LogP contribution in [0, 0.1) is 0 Å². The molecule has 2 amide bonds. The van der Waals surface area contributed by atoms with Gasteiger partial charge in [-0.2, -0.15) is 0 Å². The number of unbranched alkanes of at least 4 members (excludes halogenated alkanes) is 44. The average molecular weight is 1440 g/mol. The highest BCUT2D eigenvalue weighted by Crippen LogP contribution is 2.21. The number of amides is 2. The molecule has 0 saturated heterocycles. The molecule has 0 aromatic rings. The molecule has 0 bridgehead atoms. The molecule has 0 saturated carbocycles. The van der Waals surface area contributed by atoms with Crippen molar-refractivity contribution >= 4 is 35.7 Å². The molecule has 0 aromatic heterocycles. The molecule has 14 nitrogen and oxygen atoms in total. The van der Waals surface area contributed by atoms with Crippen LogP contribution in [0.1, 0.15) is 440 Å². The fraction of sp³-hybridized carbons (Fsp3) is 0.909. The monoisotopic (exact) mass is 1440 g/mol. The zero-order valence-electron chi connectivity index (χ0n) is 68.2. The molecule has 2 N–H and O–H groups in total. The van der Waals surface area contributed by atoms with E-state index in [9.17, 15) is 28.8 Å². The van der Waals surface area contributed by atoms with E-state index in [-0.39, 0.29) is 47.9 Å². The lowest BCUT2D eigenvalue weighted by molar-refractivity contribution is -0.151. The first kappa shape index (κ1) is 98.5. The third-order valence-corrected chi connectivity index (χ3v) is 20.4. The molecule has 14 heteroatoms. The van der Waals surface area contributed by atoms with Gasteiger partial charge in [-0.05, 0) is 142 Å². The lowest BCUT2D eigenvalue weighted by Crippen LogP contribution is -2.36. The lowest BCUT2D eigenvalue weighted by atomic mass is 10.0. The summed E-state index contributed by atoms with van der Waals surface area (Å²) in [7, 11) is 0. The summed E-state index contributed by atoms with van der Waals surface area (Å²) >= 11 is 0. The van der Waals surface area contributed by atoms with Gasteiger partial charge in [0.2, 0.25) is 11.8 Å². The van der Waals surface area contributed by atoms with Crippen LogP contribution in [0.4, 0.5) is 0 Å². The van der Waals surface area contributed by atoms with E-state index in [1.54, 1.807) is 0 Å². The SMILES string of the molecule is CCCCCCCCCCCOC(=O)CCCCCN(CCCCCCCC(=O)OC(CCCCCC)CCCCCCCC)CCNC(=O)/C=C/C(=O)NCCN(CCCCCCCC(=O)OC(CCCCCC)CCCCCCCC)CCCCCC(=O)OCCCCCCCCCCC. The second kappa shape index (κ2) is 80.0. The van der Waals surface area contributed by atoms with Crippen LogP contribution in [0.2, 0.25) is 0 Å². The fourth-order valence-corrected chi connectivity index (χ4v) is 13.7. The largest absolute Gasteiger partial charge is 0.466 e. The zero-order valence-corrected chi connectivity index (χ0v) is 68.2. The predicted molar refractivity (Wildman–Crippen MR) is 430 cm³/mol. The molecule has 0 radical (unpaired) electrons. The predicted octanol–water partition coefficient (Wildman–Crippen LogP) is 23.6. The van der Waals surface area contributed by atoms with Gasteiger partial charge in [-0.3, -0.25) is 28.8 Å². The summed E-state index contributed by atoms with van der Waals surface area (Å²) in [5, 5.41) is 6.03. The van der Waals surface area contributed by atoms with E-state index < -0.39 is 0 Å². The minimum absolute atomic E-state index is 0.0365. The summed E-state index contributed by atoms with van der Waals surface area (Å²) in [6, 6.07) is 0. The molecular formula is C88H168N4O10. The molecule has 0 fully saturated rings. The summed E-state index contributed by atoms with van der Waals surface area (Å²) in [6.07, 6.45) is 70.7. The second-order valence-corrected chi connectivity index (χ2v) is 30.4. The lowest BCUT2D eigenvalue weighted by Gasteiger charge is -2.22. The first-order valence-corrected chi connectivity index (χ1v) is 44.4. The van der Waals surface area contributed by atoms with Crippen molar-refractivity contribution in [3.63, 3.8) is 0 Å². The number of carbonyl (C=O) groups excluding carboxylic acids is 6. The number of esters is 4. The second-order valence-electron chi connectivity index (χ2n) is 30.4. The summed E-state index contributed by atoms with van der Waals surface area (Å²) in [4.78, 5) is 82.2. The number of hydrogen-bond donors (Lipinski definition) is 2. The Kier molecular flexibility index (Phi) is 77.3. The van der Waals surface area contributed by atoms with Crippen molar-refractivity contribution in [1.82, 2.24) is 20.4 Å². The topological polar surface area (TPSA) is 170 Å². The number of hydrogen-bond acceptors (Lipinski definition) is 12. The van der Waals surface area contributed by atoms with Crippen LogP contribution in [0.3, 0.4) is 0 Å². The molecule has 0 aliphatic heterocycles. The van der Waals surface area contributed by atoms with Crippen LogP contribution in [-0.4, -0.2) is 123 Å². The molecule has 2 unspecified atom stereocenters. The normalized spacial score (nSPS) is 12.2. The van der Waals surface area contributed by atoms with Gasteiger partial charge in [0.1, 0.15) is 12.2 Å². The molecule has 102 heavy (non-hydrogen) atoms. The van der Waals surface area contributed by atoms with E-state index in [2.05, 4.69) is 62.0 Å². The number of ether oxygens (including phenoxy) is 4. The van der Waals surface area contributed by atoms with E-state index >= 15 is 0 Å². The van der Waals surface area contributed by atoms with E-state index in [0.29, 0.717) is 65.1 Å². The standard InChI is InChI=1S/C88H168N4O10/c1-7-13-19-25-29-31-33-43-59-79-99-85(95)65-53-45-57-75-91(73-55-41-35-39-51-67-87(97)101-81(61-47-23-17-11-5)63-49-37-27-21-15-9-3)77-71-89-83(93)69-70-84(94)90-72-78-92(76-58-46-54-66-86(96)100-80-60-44-34-32-30-26-20-14-8-2)74-56-42-36-40-52-68-88(98)102-82(62-48-24-18-12-6)64-50-38-28-22-16-10-4/h69-70,81-82H,7-68,71-80H2,1-6H3,(H,89,93)(H,90,94)/b70-69+. The maximum absolute atomic E-state index is 13.1. The van der Waals surface area contributed by atoms with Crippen molar-refractivity contribution in [3.8, 4) is 0 Å². The third kappa shape index (κ3) is 73.4. The molecular weight excluding hydrogens is 1270 g/mol. The van der Waals surface area contributed by atoms with Crippen LogP contribution >= 0.6 is 0 Å². The van der Waals surface area contributed by atoms with Crippen molar-refractivity contribution in [3.05, 3.63) is 12.2 Å². The van der Waals surface area contributed by atoms with Gasteiger partial charge in [0, 0.05) is 64.0 Å². The van der Waals surface area contributed by atoms with Crippen molar-refractivity contribution in [1.29, 1.82) is 0 Å². The Labute approximate surface area is 630 Å². The number of nitrogens with one attached hydrogen (secondary N) is 2. The first-order chi connectivity index (χ1) is 50.0. The highest BCUT2D eigenvalue weighted by Gasteiger charge is 2.17. The van der Waals surface area contributed by atoms with Crippen LogP contribution in [0.15, 0.2) is 12.2 Å². The zero-order chi connectivity index (χ0) is 74.3. The Morgan fingerprint density at radius 2 is 0.471 bits per heavy atom. The fourth-order valence-electron chi connectivity index (χ4n) is 13.7. The quantitative estimate of drug-likeness (QED) is 0.0256. The van der Waals surface area contributed by atoms with Gasteiger partial charge >= 0.3 is 23.9 Å². The molecule has 0 aromatic carbocycles. The Hall–Kier alpha value is -3.52. The molecule has 0 heterocycles. The van der Waals surface area contributed by atoms with Crippen molar-refractivity contribution < 1.29 is 47.7 Å². The van der Waals surface area contributed by atoms with E-state index in [4.69, 9.17) is 18.9 Å². The minimum atomic E-state index is -0.300. The van der Waals surface area contributed by atoms with Crippen LogP contribution < -0.4 is 10.6 Å². The maximum atomic E-state index is 13.1. The first-order valence-electron chi connectivity index (χ1n) is 44.4. The van der Waals surface area contributed by atoms with Gasteiger partial charge in [-0.25, -0.2) is 0 Å². The number of rotatable bonds is 82. The summed E-state index contributed by atoms with van der Waals surface area (Å²) in [6.45, 7) is 20.3. The van der Waals surface area contributed by atoms with E-state index in [1.807, 2.05) is 0 Å². The van der Waals surface area contributed by atoms with Crippen LogP contribution in [-0.2, 0) is 47.7 Å². The average Bonchev–Trinajstić information content (AvgIpc) is 2.45. The Morgan fingerprint density at radius 3 is 0.755 bits per heavy atom. The van der Waals surface area contributed by atoms with Gasteiger partial charge in [-0.15, -0.1) is 0 Å². The maximum Gasteiger partial charge on any atom is 0.306 e. The molecule has 0 aliphatic rings.